The van der Waals surface area contributed by atoms with Gasteiger partial charge in [0.2, 0.25) is 5.91 Å². The highest BCUT2D eigenvalue weighted by atomic mass is 32.1. The Morgan fingerprint density at radius 2 is 1.97 bits per heavy atom. The molecule has 1 aromatic heterocycles. The third kappa shape index (κ3) is 4.95. The molecule has 0 atom stereocenters. The van der Waals surface area contributed by atoms with Gasteiger partial charge in [-0.25, -0.2) is 4.39 Å². The second-order valence-corrected chi connectivity index (χ2v) is 8.68. The predicted molar refractivity (Wildman–Crippen MR) is 124 cm³/mol. The Balaban J connectivity index is 1.95. The van der Waals surface area contributed by atoms with Gasteiger partial charge in [0, 0.05) is 19.2 Å². The molecular formula is C23H21F4N5O2S. The number of benzene rings is 1. The summed E-state index contributed by atoms with van der Waals surface area (Å²) in [6.45, 7) is 3.01. The first-order chi connectivity index (χ1) is 16.3. The third-order valence-corrected chi connectivity index (χ3v) is 5.97. The van der Waals surface area contributed by atoms with E-state index in [9.17, 15) is 27.2 Å². The van der Waals surface area contributed by atoms with Crippen LogP contribution in [0.3, 0.4) is 0 Å². The molecule has 184 valence electrons. The molecule has 1 aromatic carbocycles. The fraction of sp³-hybridized carbons (Fsp3) is 0.348. The largest absolute Gasteiger partial charge is 0.417 e. The summed E-state index contributed by atoms with van der Waals surface area (Å²) in [7, 11) is 1.55. The summed E-state index contributed by atoms with van der Waals surface area (Å²) in [5.74, 6) is -2.02. The Morgan fingerprint density at radius 3 is 2.51 bits per heavy atom. The zero-order valence-corrected chi connectivity index (χ0v) is 19.9. The fourth-order valence-corrected chi connectivity index (χ4v) is 4.27. The van der Waals surface area contributed by atoms with Crippen LogP contribution in [-0.4, -0.2) is 34.5 Å². The maximum absolute atomic E-state index is 14.8. The minimum Gasteiger partial charge on any atom is -0.359 e. The SMILES string of the molecule is CNC(=O)CCCc1ccc(N2C(=S)N(c3cc(C(F)(F)F)c(C#N)cc3F)C(=O)C2(C)C)cn1. The van der Waals surface area contributed by atoms with Gasteiger partial charge in [0.05, 0.1) is 34.8 Å². The van der Waals surface area contributed by atoms with E-state index in [1.54, 1.807) is 19.2 Å². The predicted octanol–water partition coefficient (Wildman–Crippen LogP) is 4.10. The summed E-state index contributed by atoms with van der Waals surface area (Å²) in [6, 6.07) is 5.52. The molecule has 1 saturated heterocycles. The zero-order valence-electron chi connectivity index (χ0n) is 19.0. The highest BCUT2D eigenvalue weighted by Crippen LogP contribution is 2.40. The van der Waals surface area contributed by atoms with Gasteiger partial charge in [0.1, 0.15) is 11.4 Å². The van der Waals surface area contributed by atoms with Gasteiger partial charge in [-0.05, 0) is 63.2 Å². The second-order valence-electron chi connectivity index (χ2n) is 8.31. The normalized spacial score (nSPS) is 15.4. The molecule has 7 nitrogen and oxygen atoms in total. The van der Waals surface area contributed by atoms with E-state index >= 15 is 0 Å². The van der Waals surface area contributed by atoms with Crippen LogP contribution in [0.2, 0.25) is 0 Å². The Morgan fingerprint density at radius 1 is 1.29 bits per heavy atom. The van der Waals surface area contributed by atoms with E-state index in [1.165, 1.54) is 31.0 Å². The van der Waals surface area contributed by atoms with Crippen LogP contribution in [0.4, 0.5) is 28.9 Å². The van der Waals surface area contributed by atoms with Crippen molar-refractivity contribution in [1.29, 1.82) is 5.26 Å². The number of hydrogen-bond acceptors (Lipinski definition) is 5. The molecule has 35 heavy (non-hydrogen) atoms. The van der Waals surface area contributed by atoms with Crippen LogP contribution in [0, 0.1) is 17.1 Å². The highest BCUT2D eigenvalue weighted by Gasteiger charge is 2.51. The van der Waals surface area contributed by atoms with Gasteiger partial charge in [-0.15, -0.1) is 0 Å². The molecule has 1 fully saturated rings. The van der Waals surface area contributed by atoms with E-state index < -0.39 is 40.3 Å². The lowest BCUT2D eigenvalue weighted by Gasteiger charge is -2.29. The van der Waals surface area contributed by atoms with E-state index in [-0.39, 0.29) is 11.0 Å². The lowest BCUT2D eigenvalue weighted by atomic mass is 10.0. The van der Waals surface area contributed by atoms with Gasteiger partial charge in [-0.3, -0.25) is 19.5 Å². The second kappa shape index (κ2) is 9.58. The number of alkyl halides is 3. The Bertz CT molecular complexity index is 1220. The molecule has 0 bridgehead atoms. The highest BCUT2D eigenvalue weighted by molar-refractivity contribution is 7.81. The number of hydrogen-bond donors (Lipinski definition) is 1. The molecule has 0 saturated carbocycles. The summed E-state index contributed by atoms with van der Waals surface area (Å²) < 4.78 is 55.2. The van der Waals surface area contributed by atoms with Crippen molar-refractivity contribution in [3.05, 3.63) is 53.1 Å². The van der Waals surface area contributed by atoms with E-state index in [4.69, 9.17) is 17.5 Å². The van der Waals surface area contributed by atoms with Crippen molar-refractivity contribution >= 4 is 40.5 Å². The minimum atomic E-state index is -4.94. The third-order valence-electron chi connectivity index (χ3n) is 5.60. The maximum Gasteiger partial charge on any atom is 0.417 e. The summed E-state index contributed by atoms with van der Waals surface area (Å²) in [5.41, 5.74) is -3.25. The average molecular weight is 508 g/mol. The van der Waals surface area contributed by atoms with Crippen molar-refractivity contribution in [2.75, 3.05) is 16.8 Å². The van der Waals surface area contributed by atoms with Gasteiger partial charge in [-0.2, -0.15) is 18.4 Å². The molecule has 1 aliphatic rings. The number of carbonyl (C=O) groups is 2. The molecule has 1 N–H and O–H groups in total. The number of aryl methyl sites for hydroxylation is 1. The molecular weight excluding hydrogens is 486 g/mol. The smallest absolute Gasteiger partial charge is 0.359 e. The van der Waals surface area contributed by atoms with Gasteiger partial charge in [-0.1, -0.05) is 0 Å². The van der Waals surface area contributed by atoms with Crippen LogP contribution < -0.4 is 15.1 Å². The number of anilines is 2. The van der Waals surface area contributed by atoms with Crippen molar-refractivity contribution in [2.45, 2.75) is 44.8 Å². The van der Waals surface area contributed by atoms with Gasteiger partial charge in [0.15, 0.2) is 5.11 Å². The van der Waals surface area contributed by atoms with Crippen molar-refractivity contribution < 1.29 is 27.2 Å². The monoisotopic (exact) mass is 507 g/mol. The van der Waals surface area contributed by atoms with Crippen LogP contribution in [0.5, 0.6) is 0 Å². The molecule has 0 unspecified atom stereocenters. The molecule has 1 aliphatic heterocycles. The Labute approximate surface area is 204 Å². The fourth-order valence-electron chi connectivity index (χ4n) is 3.75. The molecule has 0 aliphatic carbocycles. The number of nitriles is 1. The first kappa shape index (κ1) is 26.0. The molecule has 0 spiro atoms. The van der Waals surface area contributed by atoms with Crippen molar-refractivity contribution in [3.8, 4) is 6.07 Å². The number of amides is 2. The van der Waals surface area contributed by atoms with Gasteiger partial charge < -0.3 is 10.2 Å². The number of nitrogens with zero attached hydrogens (tertiary/aromatic N) is 4. The van der Waals surface area contributed by atoms with Crippen molar-refractivity contribution in [2.24, 2.45) is 0 Å². The Kier molecular flexibility index (Phi) is 7.12. The molecule has 2 heterocycles. The summed E-state index contributed by atoms with van der Waals surface area (Å²) in [5, 5.41) is 11.3. The molecule has 12 heteroatoms. The molecule has 3 rings (SSSR count). The van der Waals surface area contributed by atoms with Crippen LogP contribution in [0.1, 0.15) is 43.5 Å². The number of halogens is 4. The molecule has 0 radical (unpaired) electrons. The number of nitrogens with one attached hydrogen (secondary N) is 1. The first-order valence-electron chi connectivity index (χ1n) is 10.5. The van der Waals surface area contributed by atoms with E-state index in [0.29, 0.717) is 47.7 Å². The van der Waals surface area contributed by atoms with Crippen LogP contribution >= 0.6 is 12.2 Å². The van der Waals surface area contributed by atoms with E-state index in [2.05, 4.69) is 10.3 Å². The minimum absolute atomic E-state index is 0.0897. The maximum atomic E-state index is 14.8. The molecule has 2 amide bonds. The quantitative estimate of drug-likeness (QED) is 0.468. The lowest BCUT2D eigenvalue weighted by molar-refractivity contribution is -0.137. The summed E-state index contributed by atoms with van der Waals surface area (Å²) >= 11 is 5.40. The van der Waals surface area contributed by atoms with Gasteiger partial charge >= 0.3 is 6.18 Å². The lowest BCUT2D eigenvalue weighted by Crippen LogP contribution is -2.44. The summed E-state index contributed by atoms with van der Waals surface area (Å²) in [4.78, 5) is 31.0. The van der Waals surface area contributed by atoms with Gasteiger partial charge in [0.25, 0.3) is 5.91 Å². The van der Waals surface area contributed by atoms with Crippen molar-refractivity contribution in [1.82, 2.24) is 10.3 Å². The van der Waals surface area contributed by atoms with Crippen LogP contribution in [0.25, 0.3) is 0 Å². The number of rotatable bonds is 6. The average Bonchev–Trinajstić information content (AvgIpc) is 2.97. The van der Waals surface area contributed by atoms with E-state index in [0.717, 1.165) is 0 Å². The standard InChI is InChI=1S/C23H21F4N5O2S/c1-22(2)20(34)31(18-10-16(23(25,26)27)13(11-28)9-17(18)24)21(35)32(22)15-8-7-14(30-12-15)5-4-6-19(33)29-3/h7-10,12H,4-6H2,1-3H3,(H,29,33). The van der Waals surface area contributed by atoms with Crippen LogP contribution in [0.15, 0.2) is 30.5 Å². The number of aromatic nitrogens is 1. The number of carbonyl (C=O) groups excluding carboxylic acids is 2. The Hall–Kier alpha value is -3.59. The number of pyridine rings is 1. The van der Waals surface area contributed by atoms with E-state index in [1.807, 2.05) is 0 Å². The van der Waals surface area contributed by atoms with Crippen LogP contribution in [-0.2, 0) is 22.2 Å². The molecule has 2 aromatic rings. The topological polar surface area (TPSA) is 89.3 Å². The summed E-state index contributed by atoms with van der Waals surface area (Å²) in [6.07, 6.45) is -2.04. The number of thiocarbonyl (C=S) groups is 1. The van der Waals surface area contributed by atoms with Crippen molar-refractivity contribution in [3.63, 3.8) is 0 Å². The zero-order chi connectivity index (χ0) is 26.1. The first-order valence-corrected chi connectivity index (χ1v) is 10.9.